The molecular weight excluding hydrogens is 488 g/mol. The van der Waals surface area contributed by atoms with E-state index in [4.69, 9.17) is 4.74 Å². The minimum atomic E-state index is -0.761. The molecule has 3 fully saturated rings. The summed E-state index contributed by atoms with van der Waals surface area (Å²) in [5, 5.41) is 10.4. The number of nitrogens with zero attached hydrogens (tertiary/aromatic N) is 2. The molecule has 3 heterocycles. The zero-order chi connectivity index (χ0) is 27.7. The monoisotopic (exact) mass is 534 g/mol. The van der Waals surface area contributed by atoms with Gasteiger partial charge in [-0.3, -0.25) is 14.4 Å². The van der Waals surface area contributed by atoms with E-state index in [1.54, 1.807) is 33.7 Å². The normalized spacial score (nSPS) is 31.4. The van der Waals surface area contributed by atoms with Gasteiger partial charge < -0.3 is 19.6 Å². The summed E-state index contributed by atoms with van der Waals surface area (Å²) in [5.74, 6) is -1.62. The van der Waals surface area contributed by atoms with Gasteiger partial charge in [0.05, 0.1) is 35.8 Å². The van der Waals surface area contributed by atoms with Crippen LogP contribution in [0.25, 0.3) is 0 Å². The minimum Gasteiger partial charge on any atom is -0.465 e. The lowest BCUT2D eigenvalue weighted by atomic mass is 9.66. The summed E-state index contributed by atoms with van der Waals surface area (Å²) in [7, 11) is 0. The van der Waals surface area contributed by atoms with Crippen molar-refractivity contribution >= 4 is 29.5 Å². The molecule has 3 rings (SSSR count). The van der Waals surface area contributed by atoms with Crippen molar-refractivity contribution in [2.24, 2.45) is 23.7 Å². The highest BCUT2D eigenvalue weighted by Crippen LogP contribution is 2.69. The molecule has 3 aliphatic heterocycles. The predicted octanol–water partition coefficient (Wildman–Crippen LogP) is 4.05. The van der Waals surface area contributed by atoms with E-state index in [9.17, 15) is 19.5 Å². The van der Waals surface area contributed by atoms with Crippen LogP contribution in [-0.4, -0.2) is 80.1 Å². The highest BCUT2D eigenvalue weighted by Gasteiger charge is 2.77. The number of unbranched alkanes of at least 4 members (excludes halogenated alkanes) is 1. The summed E-state index contributed by atoms with van der Waals surface area (Å²) in [6.07, 6.45) is 6.28. The molecule has 8 heteroatoms. The Balaban J connectivity index is 2.09. The Labute approximate surface area is 227 Å². The molecule has 208 valence electrons. The smallest absolute Gasteiger partial charge is 0.310 e. The van der Waals surface area contributed by atoms with E-state index in [-0.39, 0.29) is 48.1 Å². The van der Waals surface area contributed by atoms with Crippen LogP contribution in [0.15, 0.2) is 25.3 Å². The van der Waals surface area contributed by atoms with E-state index in [0.29, 0.717) is 19.4 Å². The molecule has 7 nitrogen and oxygen atoms in total. The van der Waals surface area contributed by atoms with E-state index in [1.807, 2.05) is 34.6 Å². The van der Waals surface area contributed by atoms with Crippen LogP contribution >= 0.6 is 11.8 Å². The molecule has 3 unspecified atom stereocenters. The van der Waals surface area contributed by atoms with Gasteiger partial charge in [-0.1, -0.05) is 32.9 Å². The maximum atomic E-state index is 14.5. The summed E-state index contributed by atoms with van der Waals surface area (Å²) < 4.78 is 4.93. The Morgan fingerprint density at radius 3 is 2.51 bits per heavy atom. The van der Waals surface area contributed by atoms with Gasteiger partial charge in [-0.05, 0) is 58.3 Å². The number of aliphatic hydroxyl groups excluding tert-OH is 1. The number of aliphatic hydroxyl groups is 1. The molecule has 0 saturated carbocycles. The van der Waals surface area contributed by atoms with Gasteiger partial charge in [-0.2, -0.15) is 0 Å². The topological polar surface area (TPSA) is 87.2 Å². The van der Waals surface area contributed by atoms with E-state index in [0.717, 1.165) is 12.8 Å². The number of ether oxygens (including phenoxy) is 1. The van der Waals surface area contributed by atoms with Gasteiger partial charge in [-0.25, -0.2) is 0 Å². The van der Waals surface area contributed by atoms with Crippen molar-refractivity contribution in [3.05, 3.63) is 25.3 Å². The zero-order valence-electron chi connectivity index (χ0n) is 23.4. The predicted molar refractivity (Wildman–Crippen MR) is 148 cm³/mol. The maximum Gasteiger partial charge on any atom is 0.310 e. The summed E-state index contributed by atoms with van der Waals surface area (Å²) in [5.41, 5.74) is -0.491. The molecule has 3 aliphatic rings. The fourth-order valence-electron chi connectivity index (χ4n) is 6.69. The highest BCUT2D eigenvalue weighted by molar-refractivity contribution is 8.02. The van der Waals surface area contributed by atoms with Crippen molar-refractivity contribution in [1.82, 2.24) is 9.80 Å². The molecule has 3 saturated heterocycles. The lowest BCUT2D eigenvalue weighted by Crippen LogP contribution is -2.62. The van der Waals surface area contributed by atoms with Crippen LogP contribution < -0.4 is 0 Å². The Kier molecular flexibility index (Phi) is 9.26. The number of likely N-dealkylation sites (tertiary alicyclic amines) is 1. The fraction of sp³-hybridized carbons (Fsp3) is 0.759. The van der Waals surface area contributed by atoms with Crippen LogP contribution in [0.1, 0.15) is 67.2 Å². The third-order valence-corrected chi connectivity index (χ3v) is 10.3. The summed E-state index contributed by atoms with van der Waals surface area (Å²) in [4.78, 5) is 45.7. The number of esters is 1. The summed E-state index contributed by atoms with van der Waals surface area (Å²) in [6.45, 7) is 20.1. The second kappa shape index (κ2) is 11.5. The number of rotatable bonds is 12. The second-order valence-corrected chi connectivity index (χ2v) is 13.8. The molecule has 7 atom stereocenters. The Morgan fingerprint density at radius 1 is 1.30 bits per heavy atom. The van der Waals surface area contributed by atoms with Crippen LogP contribution in [-0.2, 0) is 19.1 Å². The third-order valence-electron chi connectivity index (χ3n) is 8.22. The Morgan fingerprint density at radius 2 is 1.97 bits per heavy atom. The van der Waals surface area contributed by atoms with Crippen LogP contribution in [0.5, 0.6) is 0 Å². The zero-order valence-corrected chi connectivity index (χ0v) is 24.3. The number of thioether (sulfide) groups is 1. The third kappa shape index (κ3) is 5.25. The van der Waals surface area contributed by atoms with Crippen LogP contribution in [0, 0.1) is 23.7 Å². The van der Waals surface area contributed by atoms with Gasteiger partial charge in [-0.15, -0.1) is 24.9 Å². The lowest BCUT2D eigenvalue weighted by molar-refractivity contribution is -0.155. The van der Waals surface area contributed by atoms with Crippen molar-refractivity contribution in [2.45, 2.75) is 94.8 Å². The molecule has 37 heavy (non-hydrogen) atoms. The van der Waals surface area contributed by atoms with E-state index >= 15 is 0 Å². The molecule has 0 aliphatic carbocycles. The van der Waals surface area contributed by atoms with E-state index < -0.39 is 34.2 Å². The van der Waals surface area contributed by atoms with Crippen LogP contribution in [0.3, 0.4) is 0 Å². The van der Waals surface area contributed by atoms with Crippen molar-refractivity contribution in [1.29, 1.82) is 0 Å². The second-order valence-electron chi connectivity index (χ2n) is 12.3. The maximum absolute atomic E-state index is 14.5. The number of fused-ring (bicyclic) bond motifs is 1. The average Bonchev–Trinajstić information content (AvgIpc) is 3.41. The Bertz CT molecular complexity index is 899. The first-order chi connectivity index (χ1) is 17.4. The van der Waals surface area contributed by atoms with E-state index in [2.05, 4.69) is 20.1 Å². The largest absolute Gasteiger partial charge is 0.465 e. The standard InChI is InChI=1S/C29H46N2O5S/c1-9-11-12-14-36-27(35)22-21-16-19(5)29(37-21)23(22)25(33)31(20(17-32)15-18(3)4)24(29)26(34)30(13-10-2)28(6,7)8/h9-10,18-24,32H,1-2,11-17H2,3-8H3/t19?,20-,21+,22-,23+,24?,29?/m1/s1. The number of carbonyl (C=O) groups excluding carboxylic acids is 3. The Hall–Kier alpha value is -1.80. The molecule has 2 bridgehead atoms. The van der Waals surface area contributed by atoms with Gasteiger partial charge in [0.25, 0.3) is 0 Å². The lowest BCUT2D eigenvalue weighted by Gasteiger charge is -2.45. The molecule has 1 spiro atoms. The van der Waals surface area contributed by atoms with Gasteiger partial charge in [0.2, 0.25) is 11.8 Å². The SMILES string of the molecule is C=CCCCOC(=O)[C@@H]1[C@@H]2CC(C)C3(S2)C(C(=O)N(CC=C)C(C)(C)C)N([C@@H](CO)CC(C)C)C(=O)[C@H]13. The van der Waals surface area contributed by atoms with Gasteiger partial charge in [0.1, 0.15) is 6.04 Å². The minimum absolute atomic E-state index is 0.0594. The van der Waals surface area contributed by atoms with Gasteiger partial charge >= 0.3 is 5.97 Å². The molecule has 2 amide bonds. The summed E-state index contributed by atoms with van der Waals surface area (Å²) >= 11 is 1.64. The number of hydrogen-bond acceptors (Lipinski definition) is 6. The first-order valence-corrected chi connectivity index (χ1v) is 14.5. The van der Waals surface area contributed by atoms with Crippen LogP contribution in [0.4, 0.5) is 0 Å². The first kappa shape index (κ1) is 29.8. The molecule has 1 N–H and O–H groups in total. The molecular formula is C29H46N2O5S. The number of hydrogen-bond donors (Lipinski definition) is 1. The molecule has 0 radical (unpaired) electrons. The molecule has 0 aromatic heterocycles. The van der Waals surface area contributed by atoms with Crippen LogP contribution in [0.2, 0.25) is 0 Å². The highest BCUT2D eigenvalue weighted by atomic mass is 32.2. The van der Waals surface area contributed by atoms with Gasteiger partial charge in [0.15, 0.2) is 0 Å². The number of allylic oxidation sites excluding steroid dienone is 1. The van der Waals surface area contributed by atoms with Crippen molar-refractivity contribution in [3.63, 3.8) is 0 Å². The van der Waals surface area contributed by atoms with Gasteiger partial charge in [0, 0.05) is 17.3 Å². The number of carbonyl (C=O) groups is 3. The van der Waals surface area contributed by atoms with E-state index in [1.165, 1.54) is 0 Å². The van der Waals surface area contributed by atoms with Crippen molar-refractivity contribution in [3.8, 4) is 0 Å². The molecule has 0 aromatic rings. The number of amides is 2. The quantitative estimate of drug-likeness (QED) is 0.231. The summed E-state index contributed by atoms with van der Waals surface area (Å²) in [6, 6.07) is -1.26. The van der Waals surface area contributed by atoms with Crippen molar-refractivity contribution < 1.29 is 24.2 Å². The fourth-order valence-corrected chi connectivity index (χ4v) is 9.08. The molecule has 0 aromatic carbocycles. The first-order valence-electron chi connectivity index (χ1n) is 13.7. The average molecular weight is 535 g/mol. The van der Waals surface area contributed by atoms with Crippen molar-refractivity contribution in [2.75, 3.05) is 19.8 Å².